The van der Waals surface area contributed by atoms with E-state index in [2.05, 4.69) is 31.2 Å². The Morgan fingerprint density at radius 1 is 1.31 bits per heavy atom. The van der Waals surface area contributed by atoms with E-state index >= 15 is 0 Å². The van der Waals surface area contributed by atoms with E-state index < -0.39 is 0 Å². The van der Waals surface area contributed by atoms with Gasteiger partial charge in [-0.25, -0.2) is 9.78 Å². The molecule has 0 radical (unpaired) electrons. The summed E-state index contributed by atoms with van der Waals surface area (Å²) >= 11 is 0. The maximum absolute atomic E-state index is 5.17. The Morgan fingerprint density at radius 2 is 2.00 bits per heavy atom. The van der Waals surface area contributed by atoms with Gasteiger partial charge in [0.05, 0.1) is 0 Å². The molecule has 0 bridgehead atoms. The van der Waals surface area contributed by atoms with Crippen LogP contribution in [0.2, 0.25) is 0 Å². The van der Waals surface area contributed by atoms with Gasteiger partial charge in [0, 0.05) is 6.42 Å². The summed E-state index contributed by atoms with van der Waals surface area (Å²) in [5.41, 5.74) is 1.26. The maximum atomic E-state index is 5.17. The average Bonchev–Trinajstić information content (AvgIpc) is 2.13. The number of benzene rings is 1. The number of hydrogen-bond acceptors (Lipinski definition) is 2. The van der Waals surface area contributed by atoms with Gasteiger partial charge in [-0.1, -0.05) is 37.3 Å². The van der Waals surface area contributed by atoms with Crippen molar-refractivity contribution < 1.29 is 9.78 Å². The first-order valence-electron chi connectivity index (χ1n) is 4.69. The summed E-state index contributed by atoms with van der Waals surface area (Å²) in [6.45, 7) is 2.85. The van der Waals surface area contributed by atoms with Crippen LogP contribution >= 0.6 is 0 Å². The minimum atomic E-state index is -0.0542. The molecule has 0 saturated carbocycles. The van der Waals surface area contributed by atoms with Gasteiger partial charge in [-0.15, -0.1) is 0 Å². The van der Waals surface area contributed by atoms with E-state index in [9.17, 15) is 0 Å². The fourth-order valence-electron chi connectivity index (χ4n) is 1.56. The molecule has 70 valence electrons. The van der Waals surface area contributed by atoms with Crippen molar-refractivity contribution in [2.75, 3.05) is 6.61 Å². The first-order chi connectivity index (χ1) is 6.35. The maximum Gasteiger partial charge on any atom is 0.134 e. The second-order valence-corrected chi connectivity index (χ2v) is 3.54. The van der Waals surface area contributed by atoms with Gasteiger partial charge in [-0.3, -0.25) is 0 Å². The van der Waals surface area contributed by atoms with Crippen LogP contribution in [-0.4, -0.2) is 12.2 Å². The van der Waals surface area contributed by atoms with E-state index in [1.807, 2.05) is 6.07 Å². The minimum Gasteiger partial charge on any atom is -0.233 e. The smallest absolute Gasteiger partial charge is 0.134 e. The molecule has 2 rings (SSSR count). The van der Waals surface area contributed by atoms with E-state index in [4.69, 9.17) is 9.78 Å². The lowest BCUT2D eigenvalue weighted by atomic mass is 9.92. The molecule has 0 spiro atoms. The number of rotatable bonds is 3. The van der Waals surface area contributed by atoms with Crippen molar-refractivity contribution in [2.24, 2.45) is 0 Å². The molecule has 1 atom stereocenters. The Kier molecular flexibility index (Phi) is 2.34. The van der Waals surface area contributed by atoms with Gasteiger partial charge in [0.1, 0.15) is 12.2 Å². The van der Waals surface area contributed by atoms with E-state index in [1.165, 1.54) is 5.56 Å². The summed E-state index contributed by atoms with van der Waals surface area (Å²) in [6.07, 6.45) is 1.95. The van der Waals surface area contributed by atoms with E-state index in [1.54, 1.807) is 0 Å². The highest BCUT2D eigenvalue weighted by atomic mass is 17.2. The van der Waals surface area contributed by atoms with Crippen molar-refractivity contribution in [3.63, 3.8) is 0 Å². The minimum absolute atomic E-state index is 0.0542. The predicted octanol–water partition coefficient (Wildman–Crippen LogP) is 2.34. The molecule has 13 heavy (non-hydrogen) atoms. The first kappa shape index (κ1) is 8.73. The van der Waals surface area contributed by atoms with Crippen LogP contribution in [0.15, 0.2) is 30.3 Å². The quantitative estimate of drug-likeness (QED) is 0.661. The third-order valence-electron chi connectivity index (χ3n) is 2.57. The summed E-state index contributed by atoms with van der Waals surface area (Å²) in [5.74, 6) is 0. The standard InChI is InChI=1S/C11H14O2/c1-2-11(9-12-13-11)8-10-6-4-3-5-7-10/h3-7H,2,8-9H2,1H3. The molecule has 1 aliphatic heterocycles. The molecule has 0 N–H and O–H groups in total. The van der Waals surface area contributed by atoms with Gasteiger partial charge in [0.15, 0.2) is 0 Å². The summed E-state index contributed by atoms with van der Waals surface area (Å²) in [6, 6.07) is 10.4. The first-order valence-corrected chi connectivity index (χ1v) is 4.69. The van der Waals surface area contributed by atoms with Crippen molar-refractivity contribution in [3.05, 3.63) is 35.9 Å². The van der Waals surface area contributed by atoms with E-state index in [-0.39, 0.29) is 5.60 Å². The largest absolute Gasteiger partial charge is 0.233 e. The molecule has 1 aromatic rings. The fourth-order valence-corrected chi connectivity index (χ4v) is 1.56. The Labute approximate surface area is 78.4 Å². The summed E-state index contributed by atoms with van der Waals surface area (Å²) < 4.78 is 0. The number of hydrogen-bond donors (Lipinski definition) is 0. The van der Waals surface area contributed by atoms with Crippen molar-refractivity contribution in [1.82, 2.24) is 0 Å². The zero-order valence-electron chi connectivity index (χ0n) is 7.82. The lowest BCUT2D eigenvalue weighted by molar-refractivity contribution is -0.471. The highest BCUT2D eigenvalue weighted by Gasteiger charge is 2.39. The molecule has 2 nitrogen and oxygen atoms in total. The van der Waals surface area contributed by atoms with Crippen molar-refractivity contribution in [3.8, 4) is 0 Å². The molecule has 0 amide bonds. The van der Waals surface area contributed by atoms with Gasteiger partial charge < -0.3 is 0 Å². The van der Waals surface area contributed by atoms with Gasteiger partial charge in [0.25, 0.3) is 0 Å². The van der Waals surface area contributed by atoms with Crippen LogP contribution in [-0.2, 0) is 16.2 Å². The molecule has 1 fully saturated rings. The van der Waals surface area contributed by atoms with Crippen LogP contribution in [0.1, 0.15) is 18.9 Å². The third kappa shape index (κ3) is 1.74. The SMILES string of the molecule is CCC1(Cc2ccccc2)COO1. The van der Waals surface area contributed by atoms with Crippen molar-refractivity contribution in [1.29, 1.82) is 0 Å². The van der Waals surface area contributed by atoms with Crippen LogP contribution < -0.4 is 0 Å². The van der Waals surface area contributed by atoms with Gasteiger partial charge in [0.2, 0.25) is 0 Å². The second-order valence-electron chi connectivity index (χ2n) is 3.54. The van der Waals surface area contributed by atoms with Crippen molar-refractivity contribution in [2.45, 2.75) is 25.4 Å². The lowest BCUT2D eigenvalue weighted by Crippen LogP contribution is -2.48. The second kappa shape index (κ2) is 3.48. The molecular formula is C11H14O2. The van der Waals surface area contributed by atoms with Gasteiger partial charge in [-0.05, 0) is 12.0 Å². The van der Waals surface area contributed by atoms with Gasteiger partial charge in [-0.2, -0.15) is 0 Å². The molecule has 2 heteroatoms. The Hall–Kier alpha value is -0.860. The highest BCUT2D eigenvalue weighted by Crippen LogP contribution is 2.29. The van der Waals surface area contributed by atoms with Crippen LogP contribution in [0.3, 0.4) is 0 Å². The third-order valence-corrected chi connectivity index (χ3v) is 2.57. The van der Waals surface area contributed by atoms with Crippen LogP contribution in [0.5, 0.6) is 0 Å². The summed E-state index contributed by atoms with van der Waals surface area (Å²) in [4.78, 5) is 9.97. The summed E-state index contributed by atoms with van der Waals surface area (Å²) in [5, 5.41) is 0. The summed E-state index contributed by atoms with van der Waals surface area (Å²) in [7, 11) is 0. The molecular weight excluding hydrogens is 164 g/mol. The molecule has 1 heterocycles. The molecule has 1 saturated heterocycles. The normalized spacial score (nSPS) is 26.8. The molecule has 0 aliphatic carbocycles. The fraction of sp³-hybridized carbons (Fsp3) is 0.455. The highest BCUT2D eigenvalue weighted by molar-refractivity contribution is 5.17. The molecule has 1 aromatic carbocycles. The monoisotopic (exact) mass is 178 g/mol. The molecule has 0 aromatic heterocycles. The predicted molar refractivity (Wildman–Crippen MR) is 50.2 cm³/mol. The van der Waals surface area contributed by atoms with E-state index in [0.717, 1.165) is 19.4 Å². The van der Waals surface area contributed by atoms with Gasteiger partial charge >= 0.3 is 0 Å². The Bertz CT molecular complexity index is 259. The Morgan fingerprint density at radius 3 is 2.46 bits per heavy atom. The van der Waals surface area contributed by atoms with Crippen molar-refractivity contribution >= 4 is 0 Å². The molecule has 1 unspecified atom stereocenters. The van der Waals surface area contributed by atoms with E-state index in [0.29, 0.717) is 0 Å². The lowest BCUT2D eigenvalue weighted by Gasteiger charge is -2.38. The zero-order chi connectivity index (χ0) is 9.15. The van der Waals surface area contributed by atoms with Crippen LogP contribution in [0.4, 0.5) is 0 Å². The van der Waals surface area contributed by atoms with Crippen LogP contribution in [0.25, 0.3) is 0 Å². The Balaban J connectivity index is 2.05. The zero-order valence-corrected chi connectivity index (χ0v) is 7.82. The molecule has 1 aliphatic rings. The topological polar surface area (TPSA) is 18.5 Å². The average molecular weight is 178 g/mol. The van der Waals surface area contributed by atoms with Crippen LogP contribution in [0, 0.1) is 0 Å².